The number of carbonyl (C=O) groups excluding carboxylic acids is 1. The average molecular weight is 224 g/mol. The first-order valence-corrected chi connectivity index (χ1v) is 6.26. The summed E-state index contributed by atoms with van der Waals surface area (Å²) in [7, 11) is 0. The molecule has 1 rings (SSSR count). The summed E-state index contributed by atoms with van der Waals surface area (Å²) in [5.74, 6) is 0.133. The summed E-state index contributed by atoms with van der Waals surface area (Å²) in [5, 5.41) is 6.29. The van der Waals surface area contributed by atoms with Crippen LogP contribution in [0.3, 0.4) is 0 Å². The number of carbonyl (C=O) groups is 1. The Kier molecular flexibility index (Phi) is 5.53. The molecule has 16 heavy (non-hydrogen) atoms. The zero-order valence-corrected chi connectivity index (χ0v) is 10.7. The van der Waals surface area contributed by atoms with E-state index >= 15 is 0 Å². The molecule has 1 unspecified atom stereocenters. The van der Waals surface area contributed by atoms with E-state index in [9.17, 15) is 4.79 Å². The van der Waals surface area contributed by atoms with Gasteiger partial charge in [-0.3, -0.25) is 4.79 Å². The summed E-state index contributed by atoms with van der Waals surface area (Å²) >= 11 is 0. The minimum absolute atomic E-state index is 0.101. The standard InChI is InChI=1S/C13H24N2O/c1-10(2)8-9-14-11(3)13(16)15-12-6-4-5-7-12/h8,11-12,14H,4-7,9H2,1-3H3,(H,15,16). The van der Waals surface area contributed by atoms with E-state index in [1.54, 1.807) is 0 Å². The Morgan fingerprint density at radius 2 is 2.00 bits per heavy atom. The fourth-order valence-corrected chi connectivity index (χ4v) is 1.93. The van der Waals surface area contributed by atoms with Crippen molar-refractivity contribution in [1.82, 2.24) is 10.6 Å². The van der Waals surface area contributed by atoms with Gasteiger partial charge in [-0.2, -0.15) is 0 Å². The van der Waals surface area contributed by atoms with Gasteiger partial charge >= 0.3 is 0 Å². The van der Waals surface area contributed by atoms with Crippen LogP contribution in [0.25, 0.3) is 0 Å². The quantitative estimate of drug-likeness (QED) is 0.701. The first-order valence-electron chi connectivity index (χ1n) is 6.26. The van der Waals surface area contributed by atoms with Gasteiger partial charge < -0.3 is 10.6 Å². The van der Waals surface area contributed by atoms with Crippen molar-refractivity contribution in [2.24, 2.45) is 0 Å². The smallest absolute Gasteiger partial charge is 0.237 e. The molecule has 0 heterocycles. The summed E-state index contributed by atoms with van der Waals surface area (Å²) in [6, 6.07) is 0.316. The van der Waals surface area contributed by atoms with Crippen molar-refractivity contribution in [3.05, 3.63) is 11.6 Å². The van der Waals surface area contributed by atoms with Crippen LogP contribution in [0.15, 0.2) is 11.6 Å². The van der Waals surface area contributed by atoms with Crippen LogP contribution >= 0.6 is 0 Å². The Morgan fingerprint density at radius 3 is 2.56 bits per heavy atom. The zero-order valence-electron chi connectivity index (χ0n) is 10.7. The predicted molar refractivity (Wildman–Crippen MR) is 67.3 cm³/mol. The molecular formula is C13H24N2O. The molecule has 3 heteroatoms. The number of rotatable bonds is 5. The Morgan fingerprint density at radius 1 is 1.38 bits per heavy atom. The highest BCUT2D eigenvalue weighted by Crippen LogP contribution is 2.17. The maximum absolute atomic E-state index is 11.8. The van der Waals surface area contributed by atoms with Gasteiger partial charge in [0.1, 0.15) is 0 Å². The molecule has 92 valence electrons. The first-order chi connectivity index (χ1) is 7.59. The molecule has 1 saturated carbocycles. The predicted octanol–water partition coefficient (Wildman–Crippen LogP) is 1.99. The third kappa shape index (κ3) is 4.79. The fourth-order valence-electron chi connectivity index (χ4n) is 1.93. The van der Waals surface area contributed by atoms with Crippen LogP contribution in [-0.2, 0) is 4.79 Å². The van der Waals surface area contributed by atoms with Crippen LogP contribution in [0.5, 0.6) is 0 Å². The van der Waals surface area contributed by atoms with Crippen molar-refractivity contribution >= 4 is 5.91 Å². The van der Waals surface area contributed by atoms with Gasteiger partial charge in [-0.25, -0.2) is 0 Å². The fraction of sp³-hybridized carbons (Fsp3) is 0.769. The normalized spacial score (nSPS) is 18.2. The highest BCUT2D eigenvalue weighted by Gasteiger charge is 2.19. The number of hydrogen-bond donors (Lipinski definition) is 2. The lowest BCUT2D eigenvalue weighted by Gasteiger charge is -2.17. The Balaban J connectivity index is 2.21. The molecule has 1 aliphatic carbocycles. The van der Waals surface area contributed by atoms with Gasteiger partial charge in [-0.05, 0) is 33.6 Å². The van der Waals surface area contributed by atoms with Gasteiger partial charge in [0, 0.05) is 12.6 Å². The Hall–Kier alpha value is -0.830. The van der Waals surface area contributed by atoms with Crippen LogP contribution in [0.4, 0.5) is 0 Å². The van der Waals surface area contributed by atoms with E-state index in [-0.39, 0.29) is 11.9 Å². The zero-order chi connectivity index (χ0) is 12.0. The monoisotopic (exact) mass is 224 g/mol. The maximum Gasteiger partial charge on any atom is 0.237 e. The third-order valence-electron chi connectivity index (χ3n) is 3.03. The first kappa shape index (κ1) is 13.2. The Bertz CT molecular complexity index is 251. The van der Waals surface area contributed by atoms with Crippen molar-refractivity contribution < 1.29 is 4.79 Å². The summed E-state index contributed by atoms with van der Waals surface area (Å²) in [5.41, 5.74) is 1.27. The summed E-state index contributed by atoms with van der Waals surface area (Å²) < 4.78 is 0. The lowest BCUT2D eigenvalue weighted by atomic mass is 10.2. The van der Waals surface area contributed by atoms with E-state index in [0.717, 1.165) is 19.4 Å². The van der Waals surface area contributed by atoms with Crippen molar-refractivity contribution in [2.75, 3.05) is 6.54 Å². The number of nitrogens with one attached hydrogen (secondary N) is 2. The molecule has 2 N–H and O–H groups in total. The van der Waals surface area contributed by atoms with E-state index in [1.807, 2.05) is 6.92 Å². The van der Waals surface area contributed by atoms with E-state index < -0.39 is 0 Å². The van der Waals surface area contributed by atoms with Crippen molar-refractivity contribution in [1.29, 1.82) is 0 Å². The summed E-state index contributed by atoms with van der Waals surface area (Å²) in [4.78, 5) is 11.8. The van der Waals surface area contributed by atoms with Crippen molar-refractivity contribution in [2.45, 2.75) is 58.5 Å². The molecule has 0 spiro atoms. The molecule has 1 aliphatic rings. The highest BCUT2D eigenvalue weighted by atomic mass is 16.2. The molecule has 0 saturated heterocycles. The van der Waals surface area contributed by atoms with E-state index in [2.05, 4.69) is 30.6 Å². The minimum atomic E-state index is -0.101. The largest absolute Gasteiger partial charge is 0.352 e. The second kappa shape index (κ2) is 6.69. The minimum Gasteiger partial charge on any atom is -0.352 e. The molecular weight excluding hydrogens is 200 g/mol. The molecule has 0 radical (unpaired) electrons. The second-order valence-electron chi connectivity index (χ2n) is 4.90. The van der Waals surface area contributed by atoms with Crippen LogP contribution in [0, 0.1) is 0 Å². The third-order valence-corrected chi connectivity index (χ3v) is 3.03. The molecule has 3 nitrogen and oxygen atoms in total. The van der Waals surface area contributed by atoms with Crippen LogP contribution in [-0.4, -0.2) is 24.5 Å². The van der Waals surface area contributed by atoms with Crippen LogP contribution < -0.4 is 10.6 Å². The lowest BCUT2D eigenvalue weighted by molar-refractivity contribution is -0.123. The molecule has 0 aromatic rings. The van der Waals surface area contributed by atoms with Gasteiger partial charge in [0.15, 0.2) is 0 Å². The number of hydrogen-bond acceptors (Lipinski definition) is 2. The van der Waals surface area contributed by atoms with E-state index in [1.165, 1.54) is 18.4 Å². The molecule has 1 atom stereocenters. The number of allylic oxidation sites excluding steroid dienone is 1. The topological polar surface area (TPSA) is 41.1 Å². The number of amides is 1. The molecule has 0 aliphatic heterocycles. The van der Waals surface area contributed by atoms with Crippen molar-refractivity contribution in [3.8, 4) is 0 Å². The van der Waals surface area contributed by atoms with Crippen LogP contribution in [0.2, 0.25) is 0 Å². The van der Waals surface area contributed by atoms with Gasteiger partial charge in [-0.15, -0.1) is 0 Å². The van der Waals surface area contributed by atoms with Gasteiger partial charge in [0.05, 0.1) is 6.04 Å². The summed E-state index contributed by atoms with van der Waals surface area (Å²) in [6.45, 7) is 6.81. The molecule has 0 bridgehead atoms. The lowest BCUT2D eigenvalue weighted by Crippen LogP contribution is -2.45. The SMILES string of the molecule is CC(C)=CCNC(C)C(=O)NC1CCCC1. The second-order valence-corrected chi connectivity index (χ2v) is 4.90. The molecule has 1 fully saturated rings. The highest BCUT2D eigenvalue weighted by molar-refractivity contribution is 5.81. The van der Waals surface area contributed by atoms with Gasteiger partial charge in [-0.1, -0.05) is 24.5 Å². The van der Waals surface area contributed by atoms with Gasteiger partial charge in [0.2, 0.25) is 5.91 Å². The van der Waals surface area contributed by atoms with Gasteiger partial charge in [0.25, 0.3) is 0 Å². The molecule has 0 aromatic heterocycles. The molecule has 0 aromatic carbocycles. The average Bonchev–Trinajstić information content (AvgIpc) is 2.69. The van der Waals surface area contributed by atoms with Crippen molar-refractivity contribution in [3.63, 3.8) is 0 Å². The maximum atomic E-state index is 11.8. The molecule has 1 amide bonds. The Labute approximate surface area is 98.7 Å². The van der Waals surface area contributed by atoms with E-state index in [4.69, 9.17) is 0 Å². The van der Waals surface area contributed by atoms with Crippen LogP contribution in [0.1, 0.15) is 46.5 Å². The van der Waals surface area contributed by atoms with E-state index in [0.29, 0.717) is 6.04 Å². The summed E-state index contributed by atoms with van der Waals surface area (Å²) in [6.07, 6.45) is 6.90.